The van der Waals surface area contributed by atoms with Gasteiger partial charge in [0.15, 0.2) is 6.10 Å². The van der Waals surface area contributed by atoms with Crippen LogP contribution in [0, 0.1) is 0 Å². The van der Waals surface area contributed by atoms with Crippen LogP contribution in [0.15, 0.2) is 109 Å². The number of hydrogen-bond donors (Lipinski definition) is 6. The zero-order valence-corrected chi connectivity index (χ0v) is 38.9. The van der Waals surface area contributed by atoms with E-state index in [1.54, 1.807) is 42.5 Å². The molecule has 0 radical (unpaired) electrons. The van der Waals surface area contributed by atoms with Crippen LogP contribution < -0.4 is 0 Å². The number of ether oxygens (including phenoxy) is 2. The van der Waals surface area contributed by atoms with E-state index in [1.165, 1.54) is 19.3 Å². The largest absolute Gasteiger partial charge is 0.472 e. The normalized spacial score (nSPS) is 16.0. The van der Waals surface area contributed by atoms with E-state index in [2.05, 4.69) is 52.4 Å². The molecule has 0 aliphatic carbocycles. The lowest BCUT2D eigenvalue weighted by Crippen LogP contribution is -2.29. The van der Waals surface area contributed by atoms with Crippen LogP contribution in [-0.2, 0) is 41.8 Å². The van der Waals surface area contributed by atoms with Gasteiger partial charge < -0.3 is 39.5 Å². The maximum atomic E-state index is 12.6. The summed E-state index contributed by atoms with van der Waals surface area (Å²) in [5.41, 5.74) is 0. The highest BCUT2D eigenvalue weighted by molar-refractivity contribution is 7.47. The maximum absolute atomic E-state index is 12.6. The van der Waals surface area contributed by atoms with Gasteiger partial charge in [-0.25, -0.2) is 9.13 Å². The molecule has 0 saturated carbocycles. The molecule has 0 aliphatic heterocycles. The number of phosphoric acid groups is 2. The minimum absolute atomic E-state index is 0.0652. The van der Waals surface area contributed by atoms with E-state index in [4.69, 9.17) is 23.8 Å². The Morgan fingerprint density at radius 2 is 1.05 bits per heavy atom. The first kappa shape index (κ1) is 59.7. The van der Waals surface area contributed by atoms with Gasteiger partial charge in [0.25, 0.3) is 0 Å². The average Bonchev–Trinajstić information content (AvgIpc) is 3.23. The van der Waals surface area contributed by atoms with E-state index < -0.39 is 78.4 Å². The number of carbonyl (C=O) groups excluding carboxylic acids is 2. The van der Waals surface area contributed by atoms with Crippen molar-refractivity contribution in [3.63, 3.8) is 0 Å². The molecule has 17 heteroatoms. The van der Waals surface area contributed by atoms with E-state index in [0.29, 0.717) is 32.1 Å². The van der Waals surface area contributed by atoms with E-state index in [1.807, 2.05) is 37.3 Å². The molecule has 63 heavy (non-hydrogen) atoms. The molecular formula is C46H74O15P2. The van der Waals surface area contributed by atoms with E-state index >= 15 is 0 Å². The summed E-state index contributed by atoms with van der Waals surface area (Å²) in [6, 6.07) is 0. The van der Waals surface area contributed by atoms with Gasteiger partial charge >= 0.3 is 27.6 Å². The fraction of sp³-hybridized carbons (Fsp3) is 0.565. The molecule has 1 unspecified atom stereocenters. The zero-order valence-electron chi connectivity index (χ0n) is 37.1. The van der Waals surface area contributed by atoms with Crippen LogP contribution in [-0.4, -0.2) is 92.8 Å². The monoisotopic (exact) mass is 928 g/mol. The molecule has 0 fully saturated rings. The second-order valence-corrected chi connectivity index (χ2v) is 17.0. The van der Waals surface area contributed by atoms with Gasteiger partial charge in [-0.2, -0.15) is 0 Å². The Bertz CT molecular complexity index is 1560. The summed E-state index contributed by atoms with van der Waals surface area (Å²) < 4.78 is 47.6. The molecule has 0 saturated heterocycles. The highest BCUT2D eigenvalue weighted by Gasteiger charge is 2.28. The molecule has 15 nitrogen and oxygen atoms in total. The predicted octanol–water partition coefficient (Wildman–Crippen LogP) is 9.05. The number of aliphatic hydroxyl groups is 3. The fourth-order valence-electron chi connectivity index (χ4n) is 4.96. The molecule has 0 aromatic rings. The van der Waals surface area contributed by atoms with Crippen LogP contribution in [0.1, 0.15) is 117 Å². The van der Waals surface area contributed by atoms with Gasteiger partial charge in [-0.1, -0.05) is 136 Å². The van der Waals surface area contributed by atoms with Gasteiger partial charge in [0.1, 0.15) is 12.7 Å². The van der Waals surface area contributed by atoms with Crippen LogP contribution in [0.2, 0.25) is 0 Å². The molecule has 0 aliphatic rings. The van der Waals surface area contributed by atoms with Crippen molar-refractivity contribution >= 4 is 27.6 Å². The number of carbonyl (C=O) groups is 2. The fourth-order valence-corrected chi connectivity index (χ4v) is 6.12. The summed E-state index contributed by atoms with van der Waals surface area (Å²) in [7, 11) is -9.77. The number of unbranched alkanes of at least 4 members (excludes halogenated alkanes) is 5. The number of allylic oxidation sites excluding steroid dienone is 14. The lowest BCUT2D eigenvalue weighted by molar-refractivity contribution is -0.161. The van der Waals surface area contributed by atoms with Gasteiger partial charge in [-0.3, -0.25) is 23.2 Å². The number of hydrogen-bond acceptors (Lipinski definition) is 12. The van der Waals surface area contributed by atoms with Crippen LogP contribution in [0.4, 0.5) is 0 Å². The molecule has 0 spiro atoms. The lowest BCUT2D eigenvalue weighted by atomic mass is 10.1. The molecule has 0 heterocycles. The number of rotatable bonds is 39. The van der Waals surface area contributed by atoms with E-state index in [9.17, 15) is 38.9 Å². The first-order chi connectivity index (χ1) is 30.2. The van der Waals surface area contributed by atoms with Crippen molar-refractivity contribution in [1.82, 2.24) is 0 Å². The molecule has 0 bridgehead atoms. The van der Waals surface area contributed by atoms with Gasteiger partial charge in [0, 0.05) is 12.8 Å². The molecule has 0 aromatic heterocycles. The minimum atomic E-state index is -4.90. The van der Waals surface area contributed by atoms with Crippen molar-refractivity contribution in [3.8, 4) is 0 Å². The Kier molecular flexibility index (Phi) is 38.1. The topological polar surface area (TPSA) is 236 Å². The van der Waals surface area contributed by atoms with Gasteiger partial charge in [0.2, 0.25) is 0 Å². The van der Waals surface area contributed by atoms with Crippen molar-refractivity contribution in [2.75, 3.05) is 26.4 Å². The standard InChI is InChI=1S/C46H74O15P2/c1-3-5-7-8-9-10-11-12-13-14-15-16-17-21-29-35-45(50)57-39-44(40-60-63(55,56)59-38-43(49)37-58-62(52,53)54)61-46(51)36-30-22-19-18-20-26-32-42(48)34-28-24-23-27-33-41(47)31-25-6-4-2/h6,9-10,12-13,15-16,19-20,22-28,33-34,41-44,47-49H,3-5,7-8,11,14,17-18,21,29-32,35-40H2,1-2H3,(H,55,56)(H2,52,53,54)/b10-9-,13-12-,16-15-,22-19-,24-23-,25-6-,26-20-,33-27+,34-28+/t41-,42+,43-,44+/m0/s1. The summed E-state index contributed by atoms with van der Waals surface area (Å²) in [4.78, 5) is 52.6. The van der Waals surface area contributed by atoms with Crippen molar-refractivity contribution in [3.05, 3.63) is 109 Å². The van der Waals surface area contributed by atoms with Crippen LogP contribution >= 0.6 is 15.6 Å². The molecule has 0 aromatic carbocycles. The van der Waals surface area contributed by atoms with E-state index in [0.717, 1.165) is 38.5 Å². The summed E-state index contributed by atoms with van der Waals surface area (Å²) >= 11 is 0. The molecule has 5 atom stereocenters. The summed E-state index contributed by atoms with van der Waals surface area (Å²) in [5, 5.41) is 29.7. The average molecular weight is 929 g/mol. The SMILES string of the molecule is CC/C=C\C[C@H](O)/C=C/C=C\C=C\[C@H](O)C/C=C\C/C=C\CCC(=O)O[C@H](COC(=O)CCCC/C=C\C/C=C\C/C=C\CCCCC)COP(=O)(O)OC[C@@H](O)COP(=O)(O)O. The first-order valence-electron chi connectivity index (χ1n) is 21.8. The Balaban J connectivity index is 4.84. The third kappa shape index (κ3) is 43.7. The second kappa shape index (κ2) is 40.2. The van der Waals surface area contributed by atoms with E-state index in [-0.39, 0.29) is 12.8 Å². The molecule has 0 rings (SSSR count). The smallest absolute Gasteiger partial charge is 0.462 e. The quantitative estimate of drug-likeness (QED) is 0.0111. The molecule has 358 valence electrons. The first-order valence-corrected chi connectivity index (χ1v) is 24.8. The summed E-state index contributed by atoms with van der Waals surface area (Å²) in [5.74, 6) is -1.26. The number of phosphoric ester groups is 2. The Hall–Kier alpha value is -3.30. The van der Waals surface area contributed by atoms with Crippen molar-refractivity contribution in [1.29, 1.82) is 0 Å². The lowest BCUT2D eigenvalue weighted by Gasteiger charge is -2.20. The van der Waals surface area contributed by atoms with Gasteiger partial charge in [0.05, 0.1) is 32.0 Å². The number of esters is 2. The second-order valence-electron chi connectivity index (χ2n) is 14.3. The van der Waals surface area contributed by atoms with Crippen LogP contribution in [0.3, 0.4) is 0 Å². The highest BCUT2D eigenvalue weighted by Crippen LogP contribution is 2.43. The zero-order chi connectivity index (χ0) is 46.9. The third-order valence-corrected chi connectivity index (χ3v) is 9.75. The van der Waals surface area contributed by atoms with Crippen molar-refractivity contribution < 1.29 is 71.8 Å². The molecular weight excluding hydrogens is 854 g/mol. The minimum Gasteiger partial charge on any atom is -0.462 e. The predicted molar refractivity (Wildman–Crippen MR) is 246 cm³/mol. The van der Waals surface area contributed by atoms with Gasteiger partial charge in [-0.15, -0.1) is 0 Å². The van der Waals surface area contributed by atoms with Crippen LogP contribution in [0.5, 0.6) is 0 Å². The highest BCUT2D eigenvalue weighted by atomic mass is 31.2. The third-order valence-electron chi connectivity index (χ3n) is 8.32. The summed E-state index contributed by atoms with van der Waals surface area (Å²) in [6.45, 7) is 1.27. The summed E-state index contributed by atoms with van der Waals surface area (Å²) in [6.07, 6.45) is 41.6. The Labute approximate surface area is 375 Å². The van der Waals surface area contributed by atoms with Crippen LogP contribution in [0.25, 0.3) is 0 Å². The van der Waals surface area contributed by atoms with Crippen molar-refractivity contribution in [2.24, 2.45) is 0 Å². The van der Waals surface area contributed by atoms with Gasteiger partial charge in [-0.05, 0) is 77.0 Å². The van der Waals surface area contributed by atoms with Crippen molar-refractivity contribution in [2.45, 2.75) is 141 Å². The Morgan fingerprint density at radius 1 is 0.540 bits per heavy atom. The maximum Gasteiger partial charge on any atom is 0.472 e. The molecule has 0 amide bonds. The number of aliphatic hydroxyl groups excluding tert-OH is 3. The Morgan fingerprint density at radius 3 is 1.62 bits per heavy atom. The molecule has 6 N–H and O–H groups in total.